The molecule has 0 aliphatic rings. The molecule has 0 heterocycles. The van der Waals surface area contributed by atoms with Crippen molar-refractivity contribution in [1.82, 2.24) is 0 Å². The van der Waals surface area contributed by atoms with Gasteiger partial charge in [-0.1, -0.05) is 0 Å². The topological polar surface area (TPSA) is 29.5 Å². The van der Waals surface area contributed by atoms with Crippen LogP contribution >= 0.6 is 0 Å². The van der Waals surface area contributed by atoms with E-state index in [-0.39, 0.29) is 6.61 Å². The van der Waals surface area contributed by atoms with E-state index >= 15 is 0 Å². The molecule has 0 atom stereocenters. The van der Waals surface area contributed by atoms with Gasteiger partial charge in [0.1, 0.15) is 0 Å². The first-order valence-electron chi connectivity index (χ1n) is 4.13. The maximum Gasteiger partial charge on any atom is 0.673 e. The summed E-state index contributed by atoms with van der Waals surface area (Å²) in [5, 5.41) is 7.94. The summed E-state index contributed by atoms with van der Waals surface area (Å²) >= 11 is 0. The second kappa shape index (κ2) is 13.3. The van der Waals surface area contributed by atoms with E-state index in [1.54, 1.807) is 7.11 Å². The fraction of sp³-hybridized carbons (Fsp3) is 1.00. The zero-order valence-electron chi connectivity index (χ0n) is 9.54. The Labute approximate surface area is 105 Å². The molecule has 0 rings (SSSR count). The summed E-state index contributed by atoms with van der Waals surface area (Å²) in [6, 6.07) is 0. The van der Waals surface area contributed by atoms with E-state index in [0.717, 1.165) is 0 Å². The van der Waals surface area contributed by atoms with Crippen molar-refractivity contribution in [3.8, 4) is 0 Å². The maximum absolute atomic E-state index is 9.75. The molecule has 0 aliphatic heterocycles. The number of hydrogen-bond donors (Lipinski definition) is 1. The van der Waals surface area contributed by atoms with E-state index in [1.807, 2.05) is 0 Å². The Hall–Kier alpha value is -0.725. The van der Waals surface area contributed by atoms with Crippen molar-refractivity contribution in [1.29, 1.82) is 0 Å². The Morgan fingerprint density at radius 2 is 0.800 bits per heavy atom. The molecule has 0 aromatic rings. The lowest BCUT2D eigenvalue weighted by atomic mass is 10.3. The van der Waals surface area contributed by atoms with Gasteiger partial charge >= 0.3 is 21.8 Å². The highest BCUT2D eigenvalue weighted by molar-refractivity contribution is 6.50. The number of methoxy groups -OCH3 is 1. The minimum atomic E-state index is -6.00. The monoisotopic (exact) mass is 337 g/mol. The Kier molecular flexibility index (Phi) is 18.3. The van der Waals surface area contributed by atoms with Crippen molar-refractivity contribution in [2.24, 2.45) is 0 Å². The number of halogens is 12. The van der Waals surface area contributed by atoms with Crippen molar-refractivity contribution in [2.75, 3.05) is 20.3 Å². The molecule has 0 aromatic heterocycles. The molecule has 1 N–H and O–H groups in total. The first kappa shape index (κ1) is 27.6. The molecule has 0 fully saturated rings. The minimum Gasteiger partial charge on any atom is -0.418 e. The summed E-state index contributed by atoms with van der Waals surface area (Å²) in [5.74, 6) is 0. The summed E-state index contributed by atoms with van der Waals surface area (Å²) in [6.45, 7) is 0.566. The Morgan fingerprint density at radius 3 is 0.800 bits per heavy atom. The standard InChI is InChI=1S/C3H8O2.3BF4/c1-5-3-2-4;3*2-1(3,4)5/h4H,2-3H2,1H3;;;/q;3*-1. The van der Waals surface area contributed by atoms with Crippen LogP contribution in [0.5, 0.6) is 0 Å². The van der Waals surface area contributed by atoms with Gasteiger partial charge in [-0.15, -0.1) is 0 Å². The van der Waals surface area contributed by atoms with Gasteiger partial charge in [-0.25, -0.2) is 0 Å². The highest BCUT2D eigenvalue weighted by Gasteiger charge is 2.21. The summed E-state index contributed by atoms with van der Waals surface area (Å²) in [5.41, 5.74) is 0. The molecular weight excluding hydrogens is 328 g/mol. The third kappa shape index (κ3) is 2820. The lowest BCUT2D eigenvalue weighted by Crippen LogP contribution is -2.02. The van der Waals surface area contributed by atoms with Gasteiger partial charge in [0, 0.05) is 7.11 Å². The average Bonchev–Trinajstić information content (AvgIpc) is 1.94. The van der Waals surface area contributed by atoms with E-state index in [0.29, 0.717) is 6.61 Å². The Morgan fingerprint density at radius 1 is 0.650 bits per heavy atom. The fourth-order valence-electron chi connectivity index (χ4n) is 0.0913. The third-order valence-corrected chi connectivity index (χ3v) is 0.295. The molecule has 0 bridgehead atoms. The van der Waals surface area contributed by atoms with E-state index < -0.39 is 21.8 Å². The second-order valence-corrected chi connectivity index (χ2v) is 2.20. The maximum atomic E-state index is 9.75. The molecule has 0 radical (unpaired) electrons. The van der Waals surface area contributed by atoms with Crippen molar-refractivity contribution >= 4 is 21.8 Å². The van der Waals surface area contributed by atoms with Crippen LogP contribution in [0.3, 0.4) is 0 Å². The summed E-state index contributed by atoms with van der Waals surface area (Å²) in [4.78, 5) is 0. The van der Waals surface area contributed by atoms with Gasteiger partial charge < -0.3 is 61.6 Å². The van der Waals surface area contributed by atoms with Crippen molar-refractivity contribution in [2.45, 2.75) is 0 Å². The molecular formula is C3H8B3F12O2-3. The van der Waals surface area contributed by atoms with Gasteiger partial charge in [-0.05, 0) is 0 Å². The molecule has 0 saturated heterocycles. The number of hydrogen-bond acceptors (Lipinski definition) is 2. The molecule has 0 unspecified atom stereocenters. The summed E-state index contributed by atoms with van der Waals surface area (Å²) in [7, 11) is -16.4. The van der Waals surface area contributed by atoms with Crippen LogP contribution in [0, 0.1) is 0 Å². The number of rotatable bonds is 2. The summed E-state index contributed by atoms with van der Waals surface area (Å²) in [6.07, 6.45) is 0. The molecule has 0 saturated carbocycles. The lowest BCUT2D eigenvalue weighted by Gasteiger charge is -1.94. The number of ether oxygens (including phenoxy) is 1. The van der Waals surface area contributed by atoms with Gasteiger partial charge in [-0.2, -0.15) is 0 Å². The van der Waals surface area contributed by atoms with E-state index in [9.17, 15) is 51.8 Å². The first-order chi connectivity index (χ1) is 8.41. The first-order valence-corrected chi connectivity index (χ1v) is 4.13. The van der Waals surface area contributed by atoms with Gasteiger partial charge in [-0.3, -0.25) is 0 Å². The molecule has 2 nitrogen and oxygen atoms in total. The smallest absolute Gasteiger partial charge is 0.418 e. The lowest BCUT2D eigenvalue weighted by molar-refractivity contribution is 0.135. The van der Waals surface area contributed by atoms with E-state index in [1.165, 1.54) is 0 Å². The molecule has 128 valence electrons. The minimum absolute atomic E-state index is 0.122. The van der Waals surface area contributed by atoms with E-state index in [4.69, 9.17) is 5.11 Å². The second-order valence-electron chi connectivity index (χ2n) is 2.20. The Balaban J connectivity index is -0.0000000853. The molecule has 0 aromatic carbocycles. The van der Waals surface area contributed by atoms with Gasteiger partial charge in [0.2, 0.25) is 0 Å². The van der Waals surface area contributed by atoms with Crippen LogP contribution in [0.1, 0.15) is 0 Å². The highest BCUT2D eigenvalue weighted by atomic mass is 19.5. The molecule has 0 spiro atoms. The third-order valence-electron chi connectivity index (χ3n) is 0.295. The molecule has 0 aliphatic carbocycles. The molecule has 20 heavy (non-hydrogen) atoms. The normalized spacial score (nSPS) is 11.1. The average molecular weight is 337 g/mol. The van der Waals surface area contributed by atoms with Crippen LogP contribution in [0.25, 0.3) is 0 Å². The van der Waals surface area contributed by atoms with Crippen LogP contribution in [0.15, 0.2) is 0 Å². The molecule has 17 heteroatoms. The summed E-state index contributed by atoms with van der Waals surface area (Å²) < 4.78 is 121. The van der Waals surface area contributed by atoms with Gasteiger partial charge in [0.25, 0.3) is 0 Å². The van der Waals surface area contributed by atoms with Crippen LogP contribution in [0.2, 0.25) is 0 Å². The van der Waals surface area contributed by atoms with Crippen molar-refractivity contribution in [3.63, 3.8) is 0 Å². The van der Waals surface area contributed by atoms with Gasteiger partial charge in [0.05, 0.1) is 13.2 Å². The molecule has 0 amide bonds. The van der Waals surface area contributed by atoms with Crippen molar-refractivity contribution in [3.05, 3.63) is 0 Å². The van der Waals surface area contributed by atoms with E-state index in [2.05, 4.69) is 4.74 Å². The van der Waals surface area contributed by atoms with Crippen LogP contribution < -0.4 is 0 Å². The highest BCUT2D eigenvalue weighted by Crippen LogP contribution is 2.07. The predicted octanol–water partition coefficient (Wildman–Crippen LogP) is 3.53. The predicted molar refractivity (Wildman–Crippen MR) is 49.5 cm³/mol. The van der Waals surface area contributed by atoms with Crippen molar-refractivity contribution < 1.29 is 61.6 Å². The van der Waals surface area contributed by atoms with Crippen LogP contribution in [0.4, 0.5) is 51.8 Å². The number of aliphatic hydroxyl groups excluding tert-OH is 1. The number of aliphatic hydroxyl groups is 1. The quantitative estimate of drug-likeness (QED) is 0.617. The van der Waals surface area contributed by atoms with Crippen LogP contribution in [-0.2, 0) is 4.74 Å². The largest absolute Gasteiger partial charge is 0.673 e. The SMILES string of the molecule is COCCO.F[B-](F)(F)F.F[B-](F)(F)F.F[B-](F)(F)F. The zero-order valence-corrected chi connectivity index (χ0v) is 9.54. The fourth-order valence-corrected chi connectivity index (χ4v) is 0.0913. The van der Waals surface area contributed by atoms with Crippen LogP contribution in [-0.4, -0.2) is 47.2 Å². The van der Waals surface area contributed by atoms with Gasteiger partial charge in [0.15, 0.2) is 0 Å². The Bertz CT molecular complexity index is 139. The zero-order chi connectivity index (χ0) is 17.6.